The van der Waals surface area contributed by atoms with Crippen molar-refractivity contribution in [3.8, 4) is 0 Å². The second kappa shape index (κ2) is 4.90. The van der Waals surface area contributed by atoms with Crippen LogP contribution in [0.15, 0.2) is 0 Å². The minimum Gasteiger partial charge on any atom is -0.264 e. The number of rotatable bonds is 6. The molecule has 0 bridgehead atoms. The van der Waals surface area contributed by atoms with E-state index in [1.807, 2.05) is 0 Å². The Labute approximate surface area is 90.2 Å². The predicted molar refractivity (Wildman–Crippen MR) is 43.7 cm³/mol. The van der Waals surface area contributed by atoms with Crippen LogP contribution in [0.25, 0.3) is 0 Å². The van der Waals surface area contributed by atoms with Crippen LogP contribution < -0.4 is 0 Å². The third-order valence-electron chi connectivity index (χ3n) is 0.601. The minimum absolute atomic E-state index is 3.15. The van der Waals surface area contributed by atoms with E-state index in [9.17, 15) is 25.3 Å². The molecule has 3 N–H and O–H groups in total. The van der Waals surface area contributed by atoms with Gasteiger partial charge in [-0.2, -0.15) is 25.3 Å². The Hall–Kier alpha value is -0.325. The lowest BCUT2D eigenvalue weighted by molar-refractivity contribution is 0.257. The lowest BCUT2D eigenvalue weighted by atomic mass is 10.3. The fourth-order valence-corrected chi connectivity index (χ4v) is 1.33. The van der Waals surface area contributed by atoms with Crippen molar-refractivity contribution in [2.45, 2.75) is 0 Å². The molecule has 12 nitrogen and oxygen atoms in total. The molecule has 0 aliphatic heterocycles. The van der Waals surface area contributed by atoms with Crippen molar-refractivity contribution in [2.75, 3.05) is 0 Å². The van der Waals surface area contributed by atoms with Gasteiger partial charge in [-0.1, -0.05) is 0 Å². The van der Waals surface area contributed by atoms with E-state index in [1.54, 1.807) is 0 Å². The average molecular weight is 302 g/mol. The van der Waals surface area contributed by atoms with Crippen molar-refractivity contribution < 1.29 is 51.2 Å². The Bertz CT molecular complexity index is 436. The number of hydrogen-bond donors (Lipinski definition) is 3. The average Bonchev–Trinajstić information content (AvgIpc) is 1.70. The summed E-state index contributed by atoms with van der Waals surface area (Å²) in [6.07, 6.45) is 0. The van der Waals surface area contributed by atoms with Crippen molar-refractivity contribution in [3.05, 3.63) is 0 Å². The first-order valence-corrected chi connectivity index (χ1v) is 6.85. The summed E-state index contributed by atoms with van der Waals surface area (Å²) in [7, 11) is -19.3. The van der Waals surface area contributed by atoms with E-state index >= 15 is 0 Å². The van der Waals surface area contributed by atoms with Crippen molar-refractivity contribution >= 4 is 38.5 Å². The summed E-state index contributed by atoms with van der Waals surface area (Å²) >= 11 is 0. The highest BCUT2D eigenvalue weighted by atomic mass is 32.3. The zero-order chi connectivity index (χ0) is 13.2. The molecule has 0 radical (unpaired) electrons. The molecule has 16 heteroatoms. The van der Waals surface area contributed by atoms with Crippen LogP contribution in [0.5, 0.6) is 0 Å². The standard InChI is InChI=1S/BH3O12S3/c2-14(3,4)11-1(12-15(5,6)7)13-16(8,9)10/h(H,2,3,4)(H,5,6,7)(H,8,9,10). The summed E-state index contributed by atoms with van der Waals surface area (Å²) in [5.74, 6) is 0. The first-order chi connectivity index (χ1) is 6.79. The maximum atomic E-state index is 10.0. The van der Waals surface area contributed by atoms with Crippen LogP contribution in [-0.4, -0.2) is 46.2 Å². The quantitative estimate of drug-likeness (QED) is 0.343. The van der Waals surface area contributed by atoms with E-state index in [0.29, 0.717) is 0 Å². The summed E-state index contributed by atoms with van der Waals surface area (Å²) in [5, 5.41) is 0. The molecule has 0 saturated carbocycles. The van der Waals surface area contributed by atoms with Gasteiger partial charge in [-0.25, -0.2) is 12.3 Å². The highest BCUT2D eigenvalue weighted by molar-refractivity contribution is 7.84. The fraction of sp³-hybridized carbons (Fsp3) is 0. The zero-order valence-corrected chi connectivity index (χ0v) is 9.27. The van der Waals surface area contributed by atoms with Crippen molar-refractivity contribution in [1.29, 1.82) is 0 Å². The molecule has 0 amide bonds. The van der Waals surface area contributed by atoms with Gasteiger partial charge in [0.05, 0.1) is 0 Å². The van der Waals surface area contributed by atoms with Gasteiger partial charge in [0.1, 0.15) is 0 Å². The van der Waals surface area contributed by atoms with Crippen LogP contribution in [0.2, 0.25) is 0 Å². The molecule has 16 heavy (non-hydrogen) atoms. The second-order valence-corrected chi connectivity index (χ2v) is 5.00. The molecule has 0 aromatic rings. The van der Waals surface area contributed by atoms with Crippen LogP contribution in [0, 0.1) is 0 Å². The largest absolute Gasteiger partial charge is 0.689 e. The molecule has 0 saturated heterocycles. The van der Waals surface area contributed by atoms with Gasteiger partial charge in [0.25, 0.3) is 0 Å². The van der Waals surface area contributed by atoms with Crippen LogP contribution in [0.3, 0.4) is 0 Å². The molecule has 0 heterocycles. The molecule has 0 aliphatic rings. The van der Waals surface area contributed by atoms with Crippen molar-refractivity contribution in [1.82, 2.24) is 0 Å². The molecule has 0 fully saturated rings. The van der Waals surface area contributed by atoms with E-state index in [0.717, 1.165) is 0 Å². The molecular weight excluding hydrogens is 299 g/mol. The van der Waals surface area contributed by atoms with Crippen LogP contribution in [0.1, 0.15) is 0 Å². The third-order valence-corrected chi connectivity index (χ3v) is 1.80. The lowest BCUT2D eigenvalue weighted by Gasteiger charge is -2.06. The number of hydrogen-bond acceptors (Lipinski definition) is 9. The first kappa shape index (κ1) is 15.7. The minimum atomic E-state index is -5.37. The van der Waals surface area contributed by atoms with Gasteiger partial charge in [-0.15, -0.1) is 0 Å². The molecule has 0 rings (SSSR count). The van der Waals surface area contributed by atoms with Crippen molar-refractivity contribution in [3.63, 3.8) is 0 Å². The summed E-state index contributed by atoms with van der Waals surface area (Å²) in [5.41, 5.74) is 0. The lowest BCUT2D eigenvalue weighted by Crippen LogP contribution is -2.34. The molecule has 0 unspecified atom stereocenters. The van der Waals surface area contributed by atoms with Crippen LogP contribution in [-0.2, 0) is 43.5 Å². The molecule has 96 valence electrons. The Balaban J connectivity index is 4.93. The molecule has 0 aromatic heterocycles. The summed E-state index contributed by atoms with van der Waals surface area (Å²) in [4.78, 5) is 0. The molecular formula is H3BO12S3. The van der Waals surface area contributed by atoms with E-state index in [1.165, 1.54) is 0 Å². The highest BCUT2D eigenvalue weighted by Gasteiger charge is 2.38. The van der Waals surface area contributed by atoms with Crippen molar-refractivity contribution in [2.24, 2.45) is 0 Å². The molecule has 0 atom stereocenters. The molecule has 0 spiro atoms. The first-order valence-electron chi connectivity index (χ1n) is 2.75. The van der Waals surface area contributed by atoms with Gasteiger partial charge >= 0.3 is 38.5 Å². The topological polar surface area (TPSA) is 191 Å². The van der Waals surface area contributed by atoms with Gasteiger partial charge < -0.3 is 0 Å². The van der Waals surface area contributed by atoms with Gasteiger partial charge in [0.15, 0.2) is 0 Å². The Kier molecular flexibility index (Phi) is 4.80. The van der Waals surface area contributed by atoms with E-state index in [2.05, 4.69) is 12.3 Å². The summed E-state index contributed by atoms with van der Waals surface area (Å²) in [6, 6.07) is 0. The smallest absolute Gasteiger partial charge is 0.264 e. The van der Waals surface area contributed by atoms with Crippen LogP contribution in [0.4, 0.5) is 0 Å². The normalized spacial score (nSPS) is 13.7. The maximum Gasteiger partial charge on any atom is 0.689 e. The summed E-state index contributed by atoms with van der Waals surface area (Å²) < 4.78 is 93.8. The van der Waals surface area contributed by atoms with E-state index in [4.69, 9.17) is 13.7 Å². The predicted octanol–water partition coefficient (Wildman–Crippen LogP) is -2.57. The van der Waals surface area contributed by atoms with E-state index in [-0.39, 0.29) is 0 Å². The van der Waals surface area contributed by atoms with Gasteiger partial charge in [0, 0.05) is 0 Å². The molecule has 0 aromatic carbocycles. The Morgan fingerprint density at radius 3 is 0.938 bits per heavy atom. The summed E-state index contributed by atoms with van der Waals surface area (Å²) in [6.45, 7) is 0. The molecule has 0 aliphatic carbocycles. The Morgan fingerprint density at radius 1 is 0.625 bits per heavy atom. The van der Waals surface area contributed by atoms with Gasteiger partial charge in [0.2, 0.25) is 0 Å². The monoisotopic (exact) mass is 302 g/mol. The second-order valence-electron chi connectivity index (χ2n) is 1.86. The Morgan fingerprint density at radius 2 is 0.812 bits per heavy atom. The van der Waals surface area contributed by atoms with E-state index < -0.39 is 38.5 Å². The SMILES string of the molecule is O=S(=O)(O)OB(OS(=O)(=O)O)OS(=O)(=O)O. The maximum absolute atomic E-state index is 10.0. The zero-order valence-electron chi connectivity index (χ0n) is 6.82. The van der Waals surface area contributed by atoms with Gasteiger partial charge in [-0.3, -0.25) is 13.7 Å². The fourth-order valence-electron chi connectivity index (χ4n) is 0.346. The van der Waals surface area contributed by atoms with Crippen LogP contribution >= 0.6 is 0 Å². The van der Waals surface area contributed by atoms with Gasteiger partial charge in [-0.05, 0) is 0 Å². The third kappa shape index (κ3) is 10.2. The highest BCUT2D eigenvalue weighted by Crippen LogP contribution is 2.04.